The highest BCUT2D eigenvalue weighted by molar-refractivity contribution is 9.10. The lowest BCUT2D eigenvalue weighted by Gasteiger charge is -2.23. The zero-order valence-corrected chi connectivity index (χ0v) is 16.0. The molecule has 7 heteroatoms. The zero-order valence-electron chi connectivity index (χ0n) is 12.8. The molecule has 0 fully saturated rings. The number of thioether (sulfide) groups is 2. The lowest BCUT2D eigenvalue weighted by atomic mass is 10.1. The molecule has 0 saturated heterocycles. The summed E-state index contributed by atoms with van der Waals surface area (Å²) in [5, 5.41) is 15.9. The first-order valence-corrected chi connectivity index (χ1v) is 10.1. The fourth-order valence-electron chi connectivity index (χ4n) is 2.30. The van der Waals surface area contributed by atoms with Crippen LogP contribution in [0.5, 0.6) is 0 Å². The lowest BCUT2D eigenvalue weighted by Crippen LogP contribution is -2.31. The molecule has 0 aromatic heterocycles. The van der Waals surface area contributed by atoms with E-state index in [9.17, 15) is 9.90 Å². The Morgan fingerprint density at radius 2 is 1.92 bits per heavy atom. The van der Waals surface area contributed by atoms with Crippen LogP contribution in [-0.2, 0) is 4.79 Å². The van der Waals surface area contributed by atoms with Crippen LogP contribution < -0.4 is 0 Å². The Hall–Kier alpha value is -1.28. The van der Waals surface area contributed by atoms with Gasteiger partial charge in [-0.15, -0.1) is 11.8 Å². The summed E-state index contributed by atoms with van der Waals surface area (Å²) in [6.45, 7) is 0. The summed E-state index contributed by atoms with van der Waals surface area (Å²) >= 11 is 6.42. The van der Waals surface area contributed by atoms with E-state index in [0.29, 0.717) is 5.56 Å². The van der Waals surface area contributed by atoms with E-state index in [1.807, 2.05) is 36.6 Å². The van der Waals surface area contributed by atoms with Crippen molar-refractivity contribution in [2.75, 3.05) is 6.26 Å². The van der Waals surface area contributed by atoms with Gasteiger partial charge in [0.05, 0.1) is 0 Å². The Bertz CT molecular complexity index is 753. The van der Waals surface area contributed by atoms with Crippen LogP contribution in [-0.4, -0.2) is 26.7 Å². The van der Waals surface area contributed by atoms with Crippen LogP contribution in [0.1, 0.15) is 22.6 Å². The molecule has 124 valence electrons. The topological polar surface area (TPSA) is 52.9 Å². The molecule has 1 aliphatic rings. The number of nitrogens with zero attached hydrogens (tertiary/aromatic N) is 2. The quantitative estimate of drug-likeness (QED) is 0.796. The number of carbonyl (C=O) groups excluding carboxylic acids is 1. The van der Waals surface area contributed by atoms with Gasteiger partial charge in [0.2, 0.25) is 0 Å². The normalized spacial score (nSPS) is 18.4. The van der Waals surface area contributed by atoms with Crippen molar-refractivity contribution in [3.05, 3.63) is 70.2 Å². The van der Waals surface area contributed by atoms with Crippen LogP contribution in [0.15, 0.2) is 64.2 Å². The summed E-state index contributed by atoms with van der Waals surface area (Å²) in [5.74, 6) is -0.425. The number of aliphatic hydroxyl groups is 1. The SMILES string of the molecule is CSC1=NN(C(=O)[C@H](O)c2ccccc2)[C@H](c2ccc(Br)cc2)S1. The predicted octanol–water partition coefficient (Wildman–Crippen LogP) is 4.39. The molecule has 1 amide bonds. The molecule has 1 aliphatic heterocycles. The first-order valence-electron chi connectivity index (χ1n) is 7.21. The van der Waals surface area contributed by atoms with Crippen molar-refractivity contribution in [2.24, 2.45) is 5.10 Å². The van der Waals surface area contributed by atoms with Gasteiger partial charge in [-0.25, -0.2) is 5.01 Å². The molecule has 3 rings (SSSR count). The van der Waals surface area contributed by atoms with Crippen molar-refractivity contribution in [3.8, 4) is 0 Å². The second kappa shape index (κ2) is 7.74. The summed E-state index contributed by atoms with van der Waals surface area (Å²) in [6.07, 6.45) is 0.696. The van der Waals surface area contributed by atoms with Gasteiger partial charge in [0, 0.05) is 4.47 Å². The Labute approximate surface area is 157 Å². The number of rotatable bonds is 3. The van der Waals surface area contributed by atoms with Crippen LogP contribution in [0.2, 0.25) is 0 Å². The van der Waals surface area contributed by atoms with E-state index in [1.165, 1.54) is 28.5 Å². The molecule has 4 nitrogen and oxygen atoms in total. The third kappa shape index (κ3) is 3.69. The molecule has 0 unspecified atom stereocenters. The monoisotopic (exact) mass is 422 g/mol. The molecule has 1 heterocycles. The number of amides is 1. The Morgan fingerprint density at radius 3 is 2.54 bits per heavy atom. The van der Waals surface area contributed by atoms with Gasteiger partial charge in [0.1, 0.15) is 5.37 Å². The van der Waals surface area contributed by atoms with Gasteiger partial charge < -0.3 is 5.11 Å². The first-order chi connectivity index (χ1) is 11.6. The average molecular weight is 423 g/mol. The fraction of sp³-hybridized carbons (Fsp3) is 0.176. The van der Waals surface area contributed by atoms with Crippen LogP contribution in [0.25, 0.3) is 0 Å². The first kappa shape index (κ1) is 17.5. The standard InChI is InChI=1S/C17H15BrN2O2S2/c1-23-17-19-20(15(22)14(21)11-5-3-2-4-6-11)16(24-17)12-7-9-13(18)10-8-12/h2-10,14,16,21H,1H3/t14-,16+/m1/s1. The van der Waals surface area contributed by atoms with E-state index in [1.54, 1.807) is 24.3 Å². The van der Waals surface area contributed by atoms with Crippen molar-refractivity contribution in [1.29, 1.82) is 0 Å². The summed E-state index contributed by atoms with van der Waals surface area (Å²) in [6, 6.07) is 16.7. The third-order valence-corrected chi connectivity index (χ3v) is 6.26. The highest BCUT2D eigenvalue weighted by atomic mass is 79.9. The number of hydrogen-bond donors (Lipinski definition) is 1. The summed E-state index contributed by atoms with van der Waals surface area (Å²) < 4.78 is 1.78. The highest BCUT2D eigenvalue weighted by Gasteiger charge is 2.36. The second-order valence-corrected chi connectivity index (χ2v) is 8.13. The van der Waals surface area contributed by atoms with Crippen molar-refractivity contribution >= 4 is 49.7 Å². The smallest absolute Gasteiger partial charge is 0.277 e. The molecule has 2 aromatic carbocycles. The summed E-state index contributed by atoms with van der Waals surface area (Å²) in [4.78, 5) is 12.8. The molecule has 0 aliphatic carbocycles. The van der Waals surface area contributed by atoms with Crippen molar-refractivity contribution in [1.82, 2.24) is 5.01 Å². The van der Waals surface area contributed by atoms with Crippen LogP contribution in [0.3, 0.4) is 0 Å². The van der Waals surface area contributed by atoms with Crippen LogP contribution in [0.4, 0.5) is 0 Å². The molecule has 1 N–H and O–H groups in total. The lowest BCUT2D eigenvalue weighted by molar-refractivity contribution is -0.141. The number of carbonyl (C=O) groups is 1. The van der Waals surface area contributed by atoms with Crippen molar-refractivity contribution in [2.45, 2.75) is 11.5 Å². The minimum Gasteiger partial charge on any atom is -0.378 e. The Morgan fingerprint density at radius 1 is 1.25 bits per heavy atom. The van der Waals surface area contributed by atoms with Gasteiger partial charge in [0.25, 0.3) is 5.91 Å². The minimum atomic E-state index is -1.23. The zero-order chi connectivity index (χ0) is 17.1. The van der Waals surface area contributed by atoms with Gasteiger partial charge >= 0.3 is 0 Å². The largest absolute Gasteiger partial charge is 0.378 e. The molecule has 2 aromatic rings. The van der Waals surface area contributed by atoms with Gasteiger partial charge in [-0.3, -0.25) is 4.79 Å². The molecule has 0 spiro atoms. The van der Waals surface area contributed by atoms with E-state index in [0.717, 1.165) is 14.4 Å². The fourth-order valence-corrected chi connectivity index (χ4v) is 4.27. The number of hydrogen-bond acceptors (Lipinski definition) is 5. The Balaban J connectivity index is 1.88. The van der Waals surface area contributed by atoms with Gasteiger partial charge in [-0.05, 0) is 29.5 Å². The van der Waals surface area contributed by atoms with Gasteiger partial charge in [0.15, 0.2) is 10.5 Å². The van der Waals surface area contributed by atoms with Crippen LogP contribution in [0, 0.1) is 0 Å². The van der Waals surface area contributed by atoms with E-state index in [4.69, 9.17) is 0 Å². The van der Waals surface area contributed by atoms with E-state index < -0.39 is 12.0 Å². The molecule has 0 bridgehead atoms. The van der Waals surface area contributed by atoms with Gasteiger partial charge in [-0.2, -0.15) is 5.10 Å². The van der Waals surface area contributed by atoms with E-state index in [-0.39, 0.29) is 5.37 Å². The number of benzene rings is 2. The predicted molar refractivity (Wildman–Crippen MR) is 104 cm³/mol. The van der Waals surface area contributed by atoms with E-state index >= 15 is 0 Å². The Kier molecular flexibility index (Phi) is 5.65. The minimum absolute atomic E-state index is 0.272. The molecular formula is C17H15BrN2O2S2. The second-order valence-electron chi connectivity index (χ2n) is 5.09. The van der Waals surface area contributed by atoms with Crippen molar-refractivity contribution < 1.29 is 9.90 Å². The molecule has 2 atom stereocenters. The number of hydrazone groups is 1. The molecular weight excluding hydrogens is 408 g/mol. The molecule has 24 heavy (non-hydrogen) atoms. The maximum absolute atomic E-state index is 12.8. The van der Waals surface area contributed by atoms with E-state index in [2.05, 4.69) is 21.0 Å². The summed E-state index contributed by atoms with van der Waals surface area (Å²) in [5.41, 5.74) is 1.53. The molecule has 0 saturated carbocycles. The third-order valence-electron chi connectivity index (χ3n) is 3.53. The highest BCUT2D eigenvalue weighted by Crippen LogP contribution is 2.43. The van der Waals surface area contributed by atoms with Crippen molar-refractivity contribution in [3.63, 3.8) is 0 Å². The maximum atomic E-state index is 12.8. The number of halogens is 1. The van der Waals surface area contributed by atoms with Gasteiger partial charge in [-0.1, -0.05) is 70.2 Å². The summed E-state index contributed by atoms with van der Waals surface area (Å²) in [7, 11) is 0. The molecule has 0 radical (unpaired) electrons. The number of aliphatic hydroxyl groups excluding tert-OH is 1. The van der Waals surface area contributed by atoms with Crippen LogP contribution >= 0.6 is 39.5 Å². The maximum Gasteiger partial charge on any atom is 0.277 e. The average Bonchev–Trinajstić information content (AvgIpc) is 3.06.